The van der Waals surface area contributed by atoms with Crippen molar-refractivity contribution in [2.24, 2.45) is 0 Å². The molecule has 2 heterocycles. The van der Waals surface area contributed by atoms with Crippen molar-refractivity contribution in [3.05, 3.63) is 45.9 Å². The Morgan fingerprint density at radius 3 is 2.56 bits per heavy atom. The summed E-state index contributed by atoms with van der Waals surface area (Å²) < 4.78 is 0. The molecule has 2 aromatic rings. The highest BCUT2D eigenvalue weighted by molar-refractivity contribution is 7.09. The Balaban J connectivity index is 1.48. The molecule has 3 rings (SSSR count). The maximum absolute atomic E-state index is 12.3. The highest BCUT2D eigenvalue weighted by atomic mass is 32.1. The summed E-state index contributed by atoms with van der Waals surface area (Å²) in [5.41, 5.74) is 2.97. The second kappa shape index (κ2) is 8.45. The summed E-state index contributed by atoms with van der Waals surface area (Å²) >= 11 is 1.69. The number of carbonyl (C=O) groups excluding carboxylic acids is 1. The molecular weight excluding hydrogens is 332 g/mol. The van der Waals surface area contributed by atoms with E-state index in [1.54, 1.807) is 11.3 Å². The molecule has 0 spiro atoms. The lowest BCUT2D eigenvalue weighted by molar-refractivity contribution is 0.0954. The van der Waals surface area contributed by atoms with Crippen LogP contribution in [-0.2, 0) is 12.8 Å². The van der Waals surface area contributed by atoms with Crippen molar-refractivity contribution in [1.29, 1.82) is 0 Å². The van der Waals surface area contributed by atoms with Crippen LogP contribution >= 0.6 is 11.3 Å². The number of anilines is 1. The molecule has 134 valence electrons. The lowest BCUT2D eigenvalue weighted by atomic mass is 10.1. The van der Waals surface area contributed by atoms with Gasteiger partial charge in [-0.3, -0.25) is 4.79 Å². The topological polar surface area (TPSA) is 48.5 Å². The monoisotopic (exact) mass is 358 g/mol. The molecule has 1 aromatic carbocycles. The van der Waals surface area contributed by atoms with Crippen molar-refractivity contribution in [1.82, 2.24) is 15.2 Å². The number of thiazole rings is 1. The fourth-order valence-electron chi connectivity index (χ4n) is 2.92. The highest BCUT2D eigenvalue weighted by Gasteiger charge is 2.14. The average molecular weight is 359 g/mol. The summed E-state index contributed by atoms with van der Waals surface area (Å²) in [6.45, 7) is 6.96. The fraction of sp³-hybridized carbons (Fsp3) is 0.474. The van der Waals surface area contributed by atoms with Crippen molar-refractivity contribution in [2.45, 2.75) is 19.8 Å². The Hall–Kier alpha value is -1.92. The van der Waals surface area contributed by atoms with Crippen molar-refractivity contribution < 1.29 is 4.79 Å². The summed E-state index contributed by atoms with van der Waals surface area (Å²) in [5, 5.41) is 6.22. The van der Waals surface area contributed by atoms with Crippen LogP contribution in [0.1, 0.15) is 28.0 Å². The predicted molar refractivity (Wildman–Crippen MR) is 104 cm³/mol. The molecule has 1 aliphatic heterocycles. The molecule has 25 heavy (non-hydrogen) atoms. The third-order valence-electron chi connectivity index (χ3n) is 4.57. The van der Waals surface area contributed by atoms with Gasteiger partial charge in [-0.2, -0.15) is 0 Å². The minimum Gasteiger partial charge on any atom is -0.369 e. The van der Waals surface area contributed by atoms with Gasteiger partial charge in [-0.25, -0.2) is 4.98 Å². The van der Waals surface area contributed by atoms with Gasteiger partial charge in [0.1, 0.15) is 0 Å². The molecule has 0 bridgehead atoms. The third-order valence-corrected chi connectivity index (χ3v) is 5.61. The molecule has 0 aliphatic carbocycles. The van der Waals surface area contributed by atoms with Crippen LogP contribution < -0.4 is 10.2 Å². The maximum Gasteiger partial charge on any atom is 0.251 e. The zero-order valence-electron chi connectivity index (χ0n) is 15.0. The first-order valence-electron chi connectivity index (χ1n) is 8.90. The molecule has 6 heteroatoms. The predicted octanol–water partition coefficient (Wildman–Crippen LogP) is 2.43. The summed E-state index contributed by atoms with van der Waals surface area (Å²) in [7, 11) is 2.15. The van der Waals surface area contributed by atoms with Crippen LogP contribution in [0.2, 0.25) is 0 Å². The highest BCUT2D eigenvalue weighted by Crippen LogP contribution is 2.17. The first-order valence-corrected chi connectivity index (χ1v) is 9.78. The van der Waals surface area contributed by atoms with Gasteiger partial charge >= 0.3 is 0 Å². The van der Waals surface area contributed by atoms with Gasteiger partial charge in [-0.15, -0.1) is 11.3 Å². The number of hydrogen-bond acceptors (Lipinski definition) is 5. The molecule has 0 unspecified atom stereocenters. The Kier molecular flexibility index (Phi) is 6.04. The van der Waals surface area contributed by atoms with Gasteiger partial charge in [0.25, 0.3) is 5.91 Å². The van der Waals surface area contributed by atoms with E-state index >= 15 is 0 Å². The normalized spacial score (nSPS) is 15.4. The second-order valence-corrected chi connectivity index (χ2v) is 7.37. The third kappa shape index (κ3) is 4.80. The molecule has 1 amide bonds. The quantitative estimate of drug-likeness (QED) is 0.862. The van der Waals surface area contributed by atoms with Gasteiger partial charge in [0.2, 0.25) is 0 Å². The number of nitrogens with zero attached hydrogens (tertiary/aromatic N) is 3. The Bertz CT molecular complexity index is 690. The number of likely N-dealkylation sites (N-methyl/N-ethyl adjacent to an activating group) is 1. The average Bonchev–Trinajstić information content (AvgIpc) is 3.10. The van der Waals surface area contributed by atoms with Crippen LogP contribution in [0, 0.1) is 0 Å². The van der Waals surface area contributed by atoms with Crippen LogP contribution in [0.3, 0.4) is 0 Å². The lowest BCUT2D eigenvalue weighted by Crippen LogP contribution is -2.44. The van der Waals surface area contributed by atoms with Crippen molar-refractivity contribution in [3.63, 3.8) is 0 Å². The Morgan fingerprint density at radius 2 is 1.92 bits per heavy atom. The Morgan fingerprint density at radius 1 is 1.20 bits per heavy atom. The summed E-state index contributed by atoms with van der Waals surface area (Å²) in [6, 6.07) is 7.93. The minimum absolute atomic E-state index is 0.0177. The van der Waals surface area contributed by atoms with Crippen LogP contribution in [0.15, 0.2) is 29.6 Å². The van der Waals surface area contributed by atoms with Crippen molar-refractivity contribution in [2.75, 3.05) is 44.7 Å². The van der Waals surface area contributed by atoms with E-state index in [4.69, 9.17) is 0 Å². The maximum atomic E-state index is 12.3. The number of aromatic nitrogens is 1. The summed E-state index contributed by atoms with van der Waals surface area (Å²) in [4.78, 5) is 21.5. The van der Waals surface area contributed by atoms with E-state index < -0.39 is 0 Å². The molecular formula is C19H26N4OS. The van der Waals surface area contributed by atoms with Crippen LogP contribution in [0.4, 0.5) is 5.69 Å². The molecule has 0 saturated carbocycles. The van der Waals surface area contributed by atoms with Crippen LogP contribution in [-0.4, -0.2) is 55.6 Å². The molecule has 1 aliphatic rings. The van der Waals surface area contributed by atoms with Gasteiger partial charge in [0.15, 0.2) is 0 Å². The SMILES string of the molecule is CCc1nc(CCNC(=O)c2ccc(N3CCN(C)CC3)cc2)cs1. The number of aryl methyl sites for hydroxylation is 1. The van der Waals surface area contributed by atoms with Crippen LogP contribution in [0.25, 0.3) is 0 Å². The lowest BCUT2D eigenvalue weighted by Gasteiger charge is -2.34. The summed E-state index contributed by atoms with van der Waals surface area (Å²) in [6.07, 6.45) is 1.75. The zero-order valence-corrected chi connectivity index (χ0v) is 15.8. The number of carbonyl (C=O) groups is 1. The summed E-state index contributed by atoms with van der Waals surface area (Å²) in [5.74, 6) is -0.0177. The van der Waals surface area contributed by atoms with Gasteiger partial charge in [-0.1, -0.05) is 6.92 Å². The van der Waals surface area contributed by atoms with E-state index in [0.29, 0.717) is 12.1 Å². The minimum atomic E-state index is -0.0177. The van der Waals surface area contributed by atoms with Crippen LogP contribution in [0.5, 0.6) is 0 Å². The van der Waals surface area contributed by atoms with E-state index in [1.165, 1.54) is 5.69 Å². The zero-order chi connectivity index (χ0) is 17.6. The molecule has 1 aromatic heterocycles. The number of hydrogen-bond donors (Lipinski definition) is 1. The number of amides is 1. The van der Waals surface area contributed by atoms with Crippen molar-refractivity contribution in [3.8, 4) is 0 Å². The van der Waals surface area contributed by atoms with Gasteiger partial charge in [0.05, 0.1) is 10.7 Å². The molecule has 0 radical (unpaired) electrons. The van der Waals surface area contributed by atoms with Crippen molar-refractivity contribution >= 4 is 22.9 Å². The first kappa shape index (κ1) is 17.9. The molecule has 1 saturated heterocycles. The van der Waals surface area contributed by atoms with Gasteiger partial charge in [0, 0.05) is 55.8 Å². The molecule has 0 atom stereocenters. The number of benzene rings is 1. The second-order valence-electron chi connectivity index (χ2n) is 6.43. The number of rotatable bonds is 6. The van der Waals surface area contributed by atoms with Gasteiger partial charge in [-0.05, 0) is 37.7 Å². The van der Waals surface area contributed by atoms with E-state index in [1.807, 2.05) is 24.3 Å². The molecule has 1 fully saturated rings. The fourth-order valence-corrected chi connectivity index (χ4v) is 3.70. The molecule has 1 N–H and O–H groups in total. The van der Waals surface area contributed by atoms with E-state index in [2.05, 4.69) is 39.5 Å². The largest absolute Gasteiger partial charge is 0.369 e. The van der Waals surface area contributed by atoms with E-state index in [-0.39, 0.29) is 5.91 Å². The molecule has 5 nitrogen and oxygen atoms in total. The Labute approximate surface area is 153 Å². The smallest absolute Gasteiger partial charge is 0.251 e. The number of piperazine rings is 1. The van der Waals surface area contributed by atoms with Gasteiger partial charge < -0.3 is 15.1 Å². The van der Waals surface area contributed by atoms with E-state index in [0.717, 1.165) is 49.7 Å². The first-order chi connectivity index (χ1) is 12.2. The number of nitrogens with one attached hydrogen (secondary N) is 1. The van der Waals surface area contributed by atoms with E-state index in [9.17, 15) is 4.79 Å². The standard InChI is InChI=1S/C19H26N4OS/c1-3-18-21-16(14-25-18)8-9-20-19(24)15-4-6-17(7-5-15)23-12-10-22(2)11-13-23/h4-7,14H,3,8-13H2,1-2H3,(H,20,24).